The number of hydrogen-bond acceptors (Lipinski definition) is 6. The molecule has 0 radical (unpaired) electrons. The number of alkyl halides is 6. The fourth-order valence-corrected chi connectivity index (χ4v) is 4.36. The molecule has 0 aliphatic rings. The Morgan fingerprint density at radius 1 is 1.02 bits per heavy atom. The van der Waals surface area contributed by atoms with Crippen molar-refractivity contribution in [1.82, 2.24) is 30.2 Å². The summed E-state index contributed by atoms with van der Waals surface area (Å²) >= 11 is 3.18. The quantitative estimate of drug-likeness (QED) is 0.205. The summed E-state index contributed by atoms with van der Waals surface area (Å²) in [4.78, 5) is 19.8. The first-order chi connectivity index (χ1) is 19.4. The molecule has 17 heteroatoms. The van der Waals surface area contributed by atoms with Gasteiger partial charge in [0.25, 0.3) is 5.91 Å². The number of benzene rings is 3. The maximum absolute atomic E-state index is 13.6. The number of anilines is 1. The molecule has 0 unspecified atom stereocenters. The van der Waals surface area contributed by atoms with E-state index < -0.39 is 29.8 Å². The fraction of sp³-hybridized carbons (Fsp3) is 0.125. The summed E-state index contributed by atoms with van der Waals surface area (Å²) in [6.45, 7) is 0.0236. The zero-order valence-corrected chi connectivity index (χ0v) is 21.8. The van der Waals surface area contributed by atoms with Crippen molar-refractivity contribution in [3.8, 4) is 5.75 Å². The smallest absolute Gasteiger partial charge is 0.406 e. The molecule has 41 heavy (non-hydrogen) atoms. The van der Waals surface area contributed by atoms with E-state index >= 15 is 0 Å². The van der Waals surface area contributed by atoms with E-state index in [-0.39, 0.29) is 39.4 Å². The molecule has 0 aliphatic heterocycles. The maximum atomic E-state index is 13.6. The van der Waals surface area contributed by atoms with Gasteiger partial charge in [-0.1, -0.05) is 17.2 Å². The van der Waals surface area contributed by atoms with Gasteiger partial charge in [-0.15, -0.1) is 13.2 Å². The van der Waals surface area contributed by atoms with Gasteiger partial charge in [0, 0.05) is 10.0 Å². The van der Waals surface area contributed by atoms with Crippen LogP contribution >= 0.6 is 15.9 Å². The SMILES string of the molecule is O=C(Nc1nnn[nH]1)c1ccc(Cn2/c(=N/c3ccc(OC(F)(F)F)cc3)[nH]c3c(Br)cc(C(F)(F)F)cc32)cc1. The zero-order chi connectivity index (χ0) is 29.4. The Bertz CT molecular complexity index is 1760. The first-order valence-electron chi connectivity index (χ1n) is 11.4. The molecule has 5 aromatic rings. The van der Waals surface area contributed by atoms with E-state index in [0.29, 0.717) is 11.1 Å². The monoisotopic (exact) mass is 640 g/mol. The summed E-state index contributed by atoms with van der Waals surface area (Å²) in [5, 5.41) is 15.1. The van der Waals surface area contributed by atoms with Crippen LogP contribution in [0.1, 0.15) is 21.5 Å². The summed E-state index contributed by atoms with van der Waals surface area (Å²) in [6.07, 6.45) is -9.50. The average molecular weight is 641 g/mol. The van der Waals surface area contributed by atoms with Crippen molar-refractivity contribution >= 4 is 44.5 Å². The number of aromatic amines is 2. The number of tetrazole rings is 1. The molecule has 212 valence electrons. The average Bonchev–Trinajstić information content (AvgIpc) is 3.53. The Morgan fingerprint density at radius 2 is 1.73 bits per heavy atom. The Balaban J connectivity index is 1.53. The predicted molar refractivity (Wildman–Crippen MR) is 135 cm³/mol. The Hall–Kier alpha value is -4.67. The second-order valence-corrected chi connectivity index (χ2v) is 9.29. The van der Waals surface area contributed by atoms with E-state index in [1.807, 2.05) is 0 Å². The molecule has 0 saturated heterocycles. The fourth-order valence-electron chi connectivity index (χ4n) is 3.81. The summed E-state index contributed by atoms with van der Waals surface area (Å²) < 4.78 is 83.8. The lowest BCUT2D eigenvalue weighted by Gasteiger charge is -2.10. The van der Waals surface area contributed by atoms with Crippen LogP contribution in [0.5, 0.6) is 5.75 Å². The highest BCUT2D eigenvalue weighted by molar-refractivity contribution is 9.10. The number of ether oxygens (including phenoxy) is 1. The van der Waals surface area contributed by atoms with Crippen molar-refractivity contribution in [2.45, 2.75) is 19.1 Å². The third-order valence-electron chi connectivity index (χ3n) is 5.62. The third kappa shape index (κ3) is 6.56. The lowest BCUT2D eigenvalue weighted by atomic mass is 10.1. The second-order valence-electron chi connectivity index (χ2n) is 8.44. The van der Waals surface area contributed by atoms with Gasteiger partial charge in [-0.05, 0) is 80.5 Å². The molecule has 2 aromatic heterocycles. The number of aromatic nitrogens is 6. The summed E-state index contributed by atoms with van der Waals surface area (Å²) in [5.41, 5.74) is 0.756. The minimum Gasteiger partial charge on any atom is -0.406 e. The minimum absolute atomic E-state index is 0.0236. The first kappa shape index (κ1) is 27.9. The Kier molecular flexibility index (Phi) is 7.29. The van der Waals surface area contributed by atoms with Gasteiger partial charge in [-0.2, -0.15) is 13.2 Å². The molecule has 0 spiro atoms. The van der Waals surface area contributed by atoms with Crippen LogP contribution in [0.2, 0.25) is 0 Å². The van der Waals surface area contributed by atoms with Crippen molar-refractivity contribution < 1.29 is 35.9 Å². The van der Waals surface area contributed by atoms with Gasteiger partial charge in [0.2, 0.25) is 11.6 Å². The number of nitrogens with zero attached hydrogens (tertiary/aromatic N) is 5. The summed E-state index contributed by atoms with van der Waals surface area (Å²) in [5.74, 6) is -0.909. The normalized spacial score (nSPS) is 12.6. The lowest BCUT2D eigenvalue weighted by Crippen LogP contribution is -2.19. The van der Waals surface area contributed by atoms with Gasteiger partial charge >= 0.3 is 12.5 Å². The van der Waals surface area contributed by atoms with Crippen LogP contribution in [0.25, 0.3) is 11.0 Å². The summed E-state index contributed by atoms with van der Waals surface area (Å²) in [7, 11) is 0. The molecule has 1 amide bonds. The molecule has 5 rings (SSSR count). The molecule has 0 fully saturated rings. The van der Waals surface area contributed by atoms with Gasteiger partial charge in [0.05, 0.1) is 28.8 Å². The van der Waals surface area contributed by atoms with Crippen LogP contribution in [-0.2, 0) is 12.7 Å². The number of amides is 1. The molecule has 10 nitrogen and oxygen atoms in total. The van der Waals surface area contributed by atoms with Crippen molar-refractivity contribution in [2.24, 2.45) is 4.99 Å². The number of H-pyrrole nitrogens is 2. The molecule has 3 N–H and O–H groups in total. The van der Waals surface area contributed by atoms with Crippen LogP contribution in [0.15, 0.2) is 70.1 Å². The molecule has 0 bridgehead atoms. The molecule has 0 atom stereocenters. The van der Waals surface area contributed by atoms with Gasteiger partial charge in [-0.3, -0.25) is 10.1 Å². The summed E-state index contributed by atoms with van der Waals surface area (Å²) in [6, 6.07) is 12.8. The van der Waals surface area contributed by atoms with Gasteiger partial charge in [-0.25, -0.2) is 10.1 Å². The zero-order valence-electron chi connectivity index (χ0n) is 20.2. The number of fused-ring (bicyclic) bond motifs is 1. The van der Waals surface area contributed by atoms with E-state index in [4.69, 9.17) is 0 Å². The largest absolute Gasteiger partial charge is 0.573 e. The molecular formula is C24H15BrF6N8O2. The highest BCUT2D eigenvalue weighted by Gasteiger charge is 2.32. The number of carbonyl (C=O) groups is 1. The van der Waals surface area contributed by atoms with Gasteiger partial charge in [0.1, 0.15) is 5.75 Å². The van der Waals surface area contributed by atoms with Crippen LogP contribution < -0.4 is 15.7 Å². The number of rotatable bonds is 6. The molecule has 0 aliphatic carbocycles. The number of imidazole rings is 1. The van der Waals surface area contributed by atoms with Crippen LogP contribution in [0.4, 0.5) is 38.0 Å². The molecule has 0 saturated carbocycles. The Morgan fingerprint density at radius 3 is 2.34 bits per heavy atom. The topological polar surface area (TPSA) is 126 Å². The molecular weight excluding hydrogens is 626 g/mol. The van der Waals surface area contributed by atoms with E-state index in [2.05, 4.69) is 56.6 Å². The third-order valence-corrected chi connectivity index (χ3v) is 6.24. The minimum atomic E-state index is -4.87. The van der Waals surface area contributed by atoms with Crippen molar-refractivity contribution in [3.63, 3.8) is 0 Å². The highest BCUT2D eigenvalue weighted by atomic mass is 79.9. The van der Waals surface area contributed by atoms with Crippen LogP contribution in [0, 0.1) is 0 Å². The van der Waals surface area contributed by atoms with E-state index in [9.17, 15) is 31.1 Å². The number of hydrogen-bond donors (Lipinski definition) is 3. The van der Waals surface area contributed by atoms with E-state index in [1.54, 1.807) is 12.1 Å². The predicted octanol–water partition coefficient (Wildman–Crippen LogP) is 5.70. The lowest BCUT2D eigenvalue weighted by molar-refractivity contribution is -0.274. The molecule has 2 heterocycles. The van der Waals surface area contributed by atoms with Gasteiger partial charge < -0.3 is 14.3 Å². The van der Waals surface area contributed by atoms with Crippen molar-refractivity contribution in [1.29, 1.82) is 0 Å². The number of nitrogens with one attached hydrogen (secondary N) is 3. The number of carbonyl (C=O) groups excluding carboxylic acids is 1. The highest BCUT2D eigenvalue weighted by Crippen LogP contribution is 2.35. The second kappa shape index (κ2) is 10.7. The van der Waals surface area contributed by atoms with Crippen LogP contribution in [0.3, 0.4) is 0 Å². The van der Waals surface area contributed by atoms with Crippen molar-refractivity contribution in [3.05, 3.63) is 87.4 Å². The van der Waals surface area contributed by atoms with E-state index in [0.717, 1.165) is 24.3 Å². The number of halogens is 7. The van der Waals surface area contributed by atoms with Crippen molar-refractivity contribution in [2.75, 3.05) is 5.32 Å². The molecule has 3 aromatic carbocycles. The maximum Gasteiger partial charge on any atom is 0.573 e. The van der Waals surface area contributed by atoms with Gasteiger partial charge in [0.15, 0.2) is 0 Å². The Labute approximate surface area is 233 Å². The van der Waals surface area contributed by atoms with E-state index in [1.165, 1.54) is 28.8 Å². The van der Waals surface area contributed by atoms with Crippen LogP contribution in [-0.4, -0.2) is 42.4 Å². The standard InChI is InChI=1S/C24H15BrF6N8O2/c25-17-9-14(23(26,27)28)10-18-19(17)33-22(32-15-5-7-16(8-6-15)41-24(29,30)31)39(18)11-12-1-3-13(4-2-12)20(40)34-21-35-37-38-36-21/h1-10H,11H2,(H,32,33)(H2,34,35,36,37,38,40). The first-order valence-corrected chi connectivity index (χ1v) is 12.2.